The first-order chi connectivity index (χ1) is 8.06. The summed E-state index contributed by atoms with van der Waals surface area (Å²) in [6, 6.07) is 8.91. The van der Waals surface area contributed by atoms with Gasteiger partial charge < -0.3 is 5.32 Å². The lowest BCUT2D eigenvalue weighted by Crippen LogP contribution is -2.06. The van der Waals surface area contributed by atoms with E-state index in [0.717, 1.165) is 11.4 Å². The van der Waals surface area contributed by atoms with Crippen LogP contribution in [0.5, 0.6) is 0 Å². The molecule has 0 aliphatic rings. The predicted octanol–water partition coefficient (Wildman–Crippen LogP) is 3.21. The molecule has 0 bridgehead atoms. The Morgan fingerprint density at radius 3 is 2.35 bits per heavy atom. The van der Waals surface area contributed by atoms with Crippen molar-refractivity contribution in [2.75, 3.05) is 5.32 Å². The standard InChI is InChI=1S/C14H19N3/c1-10-5-7-13(8-6-10)11(2)15-14-9-17(4)16-12(14)3/h5-9,11,15H,1-4H3. The highest BCUT2D eigenvalue weighted by atomic mass is 15.3. The maximum atomic E-state index is 4.33. The van der Waals surface area contributed by atoms with Crippen molar-refractivity contribution in [1.29, 1.82) is 0 Å². The quantitative estimate of drug-likeness (QED) is 0.875. The number of nitrogens with one attached hydrogen (secondary N) is 1. The second-order valence-electron chi connectivity index (χ2n) is 4.58. The van der Waals surface area contributed by atoms with Crippen LogP contribution in [0.2, 0.25) is 0 Å². The van der Waals surface area contributed by atoms with Gasteiger partial charge in [-0.2, -0.15) is 5.10 Å². The summed E-state index contributed by atoms with van der Waals surface area (Å²) >= 11 is 0. The summed E-state index contributed by atoms with van der Waals surface area (Å²) in [6.07, 6.45) is 2.01. The third-order valence-electron chi connectivity index (χ3n) is 2.96. The number of aryl methyl sites for hydroxylation is 3. The monoisotopic (exact) mass is 229 g/mol. The molecule has 1 heterocycles. The highest BCUT2D eigenvalue weighted by molar-refractivity contribution is 5.47. The normalized spacial score (nSPS) is 12.5. The van der Waals surface area contributed by atoms with Crippen LogP contribution >= 0.6 is 0 Å². The van der Waals surface area contributed by atoms with Crippen LogP contribution in [0.1, 0.15) is 29.8 Å². The zero-order valence-corrected chi connectivity index (χ0v) is 10.9. The van der Waals surface area contributed by atoms with Crippen LogP contribution in [0.15, 0.2) is 30.5 Å². The zero-order chi connectivity index (χ0) is 12.4. The minimum Gasteiger partial charge on any atom is -0.376 e. The number of hydrogen-bond donors (Lipinski definition) is 1. The van der Waals surface area contributed by atoms with Crippen molar-refractivity contribution in [3.63, 3.8) is 0 Å². The van der Waals surface area contributed by atoms with Crippen molar-refractivity contribution in [1.82, 2.24) is 9.78 Å². The molecule has 2 rings (SSSR count). The van der Waals surface area contributed by atoms with Crippen molar-refractivity contribution < 1.29 is 0 Å². The maximum absolute atomic E-state index is 4.33. The summed E-state index contributed by atoms with van der Waals surface area (Å²) in [5.41, 5.74) is 4.71. The van der Waals surface area contributed by atoms with Crippen LogP contribution in [0, 0.1) is 13.8 Å². The van der Waals surface area contributed by atoms with Crippen LogP contribution in [0.25, 0.3) is 0 Å². The number of benzene rings is 1. The third-order valence-corrected chi connectivity index (χ3v) is 2.96. The van der Waals surface area contributed by atoms with Gasteiger partial charge in [-0.1, -0.05) is 29.8 Å². The van der Waals surface area contributed by atoms with E-state index in [1.165, 1.54) is 11.1 Å². The van der Waals surface area contributed by atoms with Gasteiger partial charge in [0.2, 0.25) is 0 Å². The molecule has 0 aliphatic carbocycles. The highest BCUT2D eigenvalue weighted by Gasteiger charge is 2.08. The molecule has 1 aromatic carbocycles. The average Bonchev–Trinajstić information content (AvgIpc) is 2.58. The van der Waals surface area contributed by atoms with Crippen molar-refractivity contribution in [3.05, 3.63) is 47.3 Å². The summed E-state index contributed by atoms with van der Waals surface area (Å²) < 4.78 is 1.83. The van der Waals surface area contributed by atoms with Gasteiger partial charge in [-0.25, -0.2) is 0 Å². The Morgan fingerprint density at radius 2 is 1.82 bits per heavy atom. The van der Waals surface area contributed by atoms with Gasteiger partial charge in [-0.05, 0) is 26.3 Å². The van der Waals surface area contributed by atoms with Crippen LogP contribution in [0.4, 0.5) is 5.69 Å². The molecule has 0 spiro atoms. The lowest BCUT2D eigenvalue weighted by atomic mass is 10.1. The summed E-state index contributed by atoms with van der Waals surface area (Å²) in [5, 5.41) is 7.81. The van der Waals surface area contributed by atoms with E-state index in [1.807, 2.05) is 24.9 Å². The zero-order valence-electron chi connectivity index (χ0n) is 10.9. The Hall–Kier alpha value is -1.77. The van der Waals surface area contributed by atoms with Crippen LogP contribution in [0.3, 0.4) is 0 Å². The Balaban J connectivity index is 2.13. The Bertz CT molecular complexity index is 497. The van der Waals surface area contributed by atoms with Crippen molar-refractivity contribution in [2.24, 2.45) is 7.05 Å². The molecule has 0 fully saturated rings. The van der Waals surface area contributed by atoms with Crippen LogP contribution in [-0.2, 0) is 7.05 Å². The predicted molar refractivity (Wildman–Crippen MR) is 71.2 cm³/mol. The lowest BCUT2D eigenvalue weighted by molar-refractivity contribution is 0.756. The molecule has 1 unspecified atom stereocenters. The fourth-order valence-electron chi connectivity index (χ4n) is 1.91. The number of anilines is 1. The van der Waals surface area contributed by atoms with E-state index in [9.17, 15) is 0 Å². The summed E-state index contributed by atoms with van der Waals surface area (Å²) in [7, 11) is 1.94. The van der Waals surface area contributed by atoms with Crippen molar-refractivity contribution in [2.45, 2.75) is 26.8 Å². The fourth-order valence-corrected chi connectivity index (χ4v) is 1.91. The topological polar surface area (TPSA) is 29.9 Å². The van der Waals surface area contributed by atoms with Gasteiger partial charge in [0.25, 0.3) is 0 Å². The van der Waals surface area contributed by atoms with Gasteiger partial charge in [0.1, 0.15) is 0 Å². The van der Waals surface area contributed by atoms with Gasteiger partial charge in [-0.3, -0.25) is 4.68 Å². The van der Waals surface area contributed by atoms with Crippen LogP contribution in [-0.4, -0.2) is 9.78 Å². The third kappa shape index (κ3) is 2.67. The number of rotatable bonds is 3. The number of hydrogen-bond acceptors (Lipinski definition) is 2. The van der Waals surface area contributed by atoms with Gasteiger partial charge >= 0.3 is 0 Å². The smallest absolute Gasteiger partial charge is 0.0825 e. The average molecular weight is 229 g/mol. The van der Waals surface area contributed by atoms with E-state index in [-0.39, 0.29) is 0 Å². The molecule has 1 aromatic heterocycles. The summed E-state index contributed by atoms with van der Waals surface area (Å²) in [6.45, 7) is 6.29. The van der Waals surface area contributed by atoms with E-state index in [0.29, 0.717) is 6.04 Å². The van der Waals surface area contributed by atoms with Gasteiger partial charge in [0.05, 0.1) is 11.4 Å². The SMILES string of the molecule is Cc1ccc(C(C)Nc2cn(C)nc2C)cc1. The first-order valence-electron chi connectivity index (χ1n) is 5.89. The van der Waals surface area contributed by atoms with E-state index < -0.39 is 0 Å². The second-order valence-corrected chi connectivity index (χ2v) is 4.58. The number of aromatic nitrogens is 2. The molecular formula is C14H19N3. The van der Waals surface area contributed by atoms with E-state index in [2.05, 4.69) is 48.5 Å². The Morgan fingerprint density at radius 1 is 1.18 bits per heavy atom. The second kappa shape index (κ2) is 4.62. The van der Waals surface area contributed by atoms with Crippen LogP contribution < -0.4 is 5.32 Å². The Labute approximate surface area is 102 Å². The van der Waals surface area contributed by atoms with Gasteiger partial charge in [-0.15, -0.1) is 0 Å². The first-order valence-corrected chi connectivity index (χ1v) is 5.89. The first kappa shape index (κ1) is 11.7. The van der Waals surface area contributed by atoms with Crippen molar-refractivity contribution in [3.8, 4) is 0 Å². The van der Waals surface area contributed by atoms with E-state index >= 15 is 0 Å². The van der Waals surface area contributed by atoms with E-state index in [4.69, 9.17) is 0 Å². The molecule has 0 saturated heterocycles. The molecule has 0 aliphatic heterocycles. The molecule has 17 heavy (non-hydrogen) atoms. The minimum atomic E-state index is 0.290. The molecule has 3 nitrogen and oxygen atoms in total. The molecule has 0 radical (unpaired) electrons. The summed E-state index contributed by atoms with van der Waals surface area (Å²) in [5.74, 6) is 0. The molecule has 3 heteroatoms. The van der Waals surface area contributed by atoms with Crippen molar-refractivity contribution >= 4 is 5.69 Å². The fraction of sp³-hybridized carbons (Fsp3) is 0.357. The lowest BCUT2D eigenvalue weighted by Gasteiger charge is -2.15. The minimum absolute atomic E-state index is 0.290. The molecule has 1 atom stereocenters. The van der Waals surface area contributed by atoms with Gasteiger partial charge in [0.15, 0.2) is 0 Å². The molecule has 90 valence electrons. The maximum Gasteiger partial charge on any atom is 0.0825 e. The molecule has 2 aromatic rings. The molecule has 1 N–H and O–H groups in total. The molecule has 0 amide bonds. The largest absolute Gasteiger partial charge is 0.376 e. The number of nitrogens with zero attached hydrogens (tertiary/aromatic N) is 2. The van der Waals surface area contributed by atoms with Gasteiger partial charge in [0, 0.05) is 19.3 Å². The molecular weight excluding hydrogens is 210 g/mol. The Kier molecular flexibility index (Phi) is 3.18. The van der Waals surface area contributed by atoms with E-state index in [1.54, 1.807) is 0 Å². The summed E-state index contributed by atoms with van der Waals surface area (Å²) in [4.78, 5) is 0. The highest BCUT2D eigenvalue weighted by Crippen LogP contribution is 2.21. The molecule has 0 saturated carbocycles.